The Bertz CT molecular complexity index is 948. The molecule has 2 aromatic carbocycles. The maximum atomic E-state index is 13.2. The van der Waals surface area contributed by atoms with Crippen LogP contribution < -0.4 is 4.74 Å². The van der Waals surface area contributed by atoms with Crippen LogP contribution in [0.4, 0.5) is 4.39 Å². The molecule has 6 heteroatoms. The molecule has 1 amide bonds. The number of para-hydroxylation sites is 1. The number of nitrogens with zero attached hydrogens (tertiary/aromatic N) is 2. The number of morpholine rings is 1. The zero-order valence-electron chi connectivity index (χ0n) is 15.1. The molecule has 1 unspecified atom stereocenters. The third kappa shape index (κ3) is 4.02. The first-order valence-corrected chi connectivity index (χ1v) is 9.05. The molecule has 1 atom stereocenters. The Labute approximate surface area is 162 Å². The lowest BCUT2D eigenvalue weighted by Crippen LogP contribution is -2.42. The van der Waals surface area contributed by atoms with Crippen molar-refractivity contribution in [2.45, 2.75) is 6.10 Å². The molecule has 1 fully saturated rings. The van der Waals surface area contributed by atoms with Crippen molar-refractivity contribution in [3.63, 3.8) is 0 Å². The average molecular weight is 378 g/mol. The second kappa shape index (κ2) is 8.19. The van der Waals surface area contributed by atoms with Gasteiger partial charge in [0.1, 0.15) is 23.2 Å². The first-order valence-electron chi connectivity index (χ1n) is 9.05. The van der Waals surface area contributed by atoms with Crippen molar-refractivity contribution in [2.24, 2.45) is 0 Å². The Hall–Kier alpha value is -3.25. The number of aromatic nitrogens is 1. The molecule has 1 saturated heterocycles. The van der Waals surface area contributed by atoms with Gasteiger partial charge in [-0.2, -0.15) is 0 Å². The smallest absolute Gasteiger partial charge is 0.259 e. The predicted octanol–water partition coefficient (Wildman–Crippen LogP) is 4.23. The Balaban J connectivity index is 1.53. The molecule has 2 heterocycles. The van der Waals surface area contributed by atoms with Gasteiger partial charge in [-0.1, -0.05) is 30.3 Å². The van der Waals surface area contributed by atoms with Crippen LogP contribution in [0, 0.1) is 5.82 Å². The second-order valence-electron chi connectivity index (χ2n) is 6.43. The van der Waals surface area contributed by atoms with Gasteiger partial charge in [0.05, 0.1) is 13.2 Å². The molecule has 0 aliphatic carbocycles. The molecule has 0 spiro atoms. The summed E-state index contributed by atoms with van der Waals surface area (Å²) in [5.74, 6) is 0.407. The van der Waals surface area contributed by atoms with Crippen LogP contribution in [0.3, 0.4) is 0 Å². The molecular formula is C22H19FN2O3. The Morgan fingerprint density at radius 1 is 1.07 bits per heavy atom. The monoisotopic (exact) mass is 378 g/mol. The quantitative estimate of drug-likeness (QED) is 0.682. The normalized spacial score (nSPS) is 16.6. The van der Waals surface area contributed by atoms with Crippen LogP contribution in [0.2, 0.25) is 0 Å². The molecule has 1 aromatic heterocycles. The fraction of sp³-hybridized carbons (Fsp3) is 0.182. The van der Waals surface area contributed by atoms with Crippen molar-refractivity contribution in [1.29, 1.82) is 0 Å². The minimum atomic E-state index is -0.300. The fourth-order valence-electron chi connectivity index (χ4n) is 3.12. The molecule has 0 bridgehead atoms. The van der Waals surface area contributed by atoms with Crippen molar-refractivity contribution in [2.75, 3.05) is 19.7 Å². The summed E-state index contributed by atoms with van der Waals surface area (Å²) >= 11 is 0. The minimum Gasteiger partial charge on any atom is -0.438 e. The third-order valence-corrected chi connectivity index (χ3v) is 4.55. The van der Waals surface area contributed by atoms with Gasteiger partial charge in [0.15, 0.2) is 0 Å². The van der Waals surface area contributed by atoms with Crippen LogP contribution in [-0.4, -0.2) is 35.5 Å². The zero-order valence-corrected chi connectivity index (χ0v) is 15.1. The van der Waals surface area contributed by atoms with Gasteiger partial charge in [-0.25, -0.2) is 9.37 Å². The number of benzene rings is 2. The van der Waals surface area contributed by atoms with Crippen molar-refractivity contribution in [3.05, 3.63) is 89.9 Å². The molecule has 4 rings (SSSR count). The van der Waals surface area contributed by atoms with Gasteiger partial charge in [-0.05, 0) is 42.0 Å². The molecule has 0 radical (unpaired) electrons. The first-order chi connectivity index (χ1) is 13.7. The molecule has 5 nitrogen and oxygen atoms in total. The number of pyridine rings is 1. The fourth-order valence-corrected chi connectivity index (χ4v) is 3.12. The number of amides is 1. The van der Waals surface area contributed by atoms with Crippen molar-refractivity contribution in [3.8, 4) is 11.6 Å². The summed E-state index contributed by atoms with van der Waals surface area (Å²) in [5, 5.41) is 0. The molecule has 3 aromatic rings. The highest BCUT2D eigenvalue weighted by atomic mass is 19.1. The summed E-state index contributed by atoms with van der Waals surface area (Å²) in [5.41, 5.74) is 1.23. The van der Waals surface area contributed by atoms with E-state index in [1.54, 1.807) is 35.4 Å². The second-order valence-corrected chi connectivity index (χ2v) is 6.43. The van der Waals surface area contributed by atoms with Gasteiger partial charge < -0.3 is 14.4 Å². The van der Waals surface area contributed by atoms with Gasteiger partial charge in [0, 0.05) is 12.7 Å². The van der Waals surface area contributed by atoms with Gasteiger partial charge in [0.25, 0.3) is 5.91 Å². The standard InChI is InChI=1S/C22H19FN2O3/c23-17-10-8-16(9-11-17)20-15-25(13-14-27-20)22(26)19-7-4-12-24-21(19)28-18-5-2-1-3-6-18/h1-12,20H,13-15H2. The number of rotatable bonds is 4. The van der Waals surface area contributed by atoms with Crippen LogP contribution in [0.25, 0.3) is 0 Å². The van der Waals surface area contributed by atoms with Crippen LogP contribution in [0.15, 0.2) is 72.9 Å². The maximum Gasteiger partial charge on any atom is 0.259 e. The van der Waals surface area contributed by atoms with Gasteiger partial charge in [-0.15, -0.1) is 0 Å². The van der Waals surface area contributed by atoms with E-state index in [1.807, 2.05) is 30.3 Å². The third-order valence-electron chi connectivity index (χ3n) is 4.55. The lowest BCUT2D eigenvalue weighted by molar-refractivity contribution is -0.0229. The van der Waals surface area contributed by atoms with E-state index in [1.165, 1.54) is 12.1 Å². The van der Waals surface area contributed by atoms with Crippen molar-refractivity contribution in [1.82, 2.24) is 9.88 Å². The van der Waals surface area contributed by atoms with Crippen LogP contribution >= 0.6 is 0 Å². The highest BCUT2D eigenvalue weighted by Gasteiger charge is 2.28. The Kier molecular flexibility index (Phi) is 5.30. The number of carbonyl (C=O) groups is 1. The van der Waals surface area contributed by atoms with E-state index < -0.39 is 0 Å². The molecule has 142 valence electrons. The molecule has 1 aliphatic rings. The average Bonchev–Trinajstić information content (AvgIpc) is 2.75. The minimum absolute atomic E-state index is 0.172. The van der Waals surface area contributed by atoms with Gasteiger partial charge in [0.2, 0.25) is 5.88 Å². The number of hydrogen-bond donors (Lipinski definition) is 0. The van der Waals surface area contributed by atoms with E-state index >= 15 is 0 Å². The molecule has 0 N–H and O–H groups in total. The lowest BCUT2D eigenvalue weighted by atomic mass is 10.1. The SMILES string of the molecule is O=C(c1cccnc1Oc1ccccc1)N1CCOC(c2ccc(F)cc2)C1. The first kappa shape index (κ1) is 18.1. The Morgan fingerprint density at radius 2 is 1.86 bits per heavy atom. The van der Waals surface area contributed by atoms with Crippen LogP contribution in [0.5, 0.6) is 11.6 Å². The number of carbonyl (C=O) groups excluding carboxylic acids is 1. The van der Waals surface area contributed by atoms with E-state index in [9.17, 15) is 9.18 Å². The van der Waals surface area contributed by atoms with Gasteiger partial charge >= 0.3 is 0 Å². The van der Waals surface area contributed by atoms with Crippen LogP contribution in [-0.2, 0) is 4.74 Å². The van der Waals surface area contributed by atoms with Crippen molar-refractivity contribution >= 4 is 5.91 Å². The summed E-state index contributed by atoms with van der Waals surface area (Å²) in [7, 11) is 0. The summed E-state index contributed by atoms with van der Waals surface area (Å²) in [6.45, 7) is 1.25. The van der Waals surface area contributed by atoms with E-state index in [0.29, 0.717) is 31.0 Å². The van der Waals surface area contributed by atoms with E-state index in [4.69, 9.17) is 9.47 Å². The topological polar surface area (TPSA) is 51.7 Å². The number of hydrogen-bond acceptors (Lipinski definition) is 4. The predicted molar refractivity (Wildman–Crippen MR) is 102 cm³/mol. The van der Waals surface area contributed by atoms with E-state index in [2.05, 4.69) is 4.98 Å². The number of halogens is 1. The maximum absolute atomic E-state index is 13.2. The zero-order chi connectivity index (χ0) is 19.3. The highest BCUT2D eigenvalue weighted by molar-refractivity contribution is 5.96. The van der Waals surface area contributed by atoms with Gasteiger partial charge in [-0.3, -0.25) is 4.79 Å². The summed E-state index contributed by atoms with van der Waals surface area (Å²) in [4.78, 5) is 19.1. The van der Waals surface area contributed by atoms with Crippen molar-refractivity contribution < 1.29 is 18.7 Å². The number of ether oxygens (including phenoxy) is 2. The summed E-state index contributed by atoms with van der Waals surface area (Å²) in [6, 6.07) is 18.8. The van der Waals surface area contributed by atoms with E-state index in [-0.39, 0.29) is 23.7 Å². The summed E-state index contributed by atoms with van der Waals surface area (Å²) in [6.07, 6.45) is 1.30. The summed E-state index contributed by atoms with van der Waals surface area (Å²) < 4.78 is 24.8. The largest absolute Gasteiger partial charge is 0.438 e. The van der Waals surface area contributed by atoms with E-state index in [0.717, 1.165) is 5.56 Å². The molecule has 1 aliphatic heterocycles. The van der Waals surface area contributed by atoms with Crippen LogP contribution in [0.1, 0.15) is 22.0 Å². The Morgan fingerprint density at radius 3 is 2.64 bits per heavy atom. The molecular weight excluding hydrogens is 359 g/mol. The molecule has 0 saturated carbocycles. The molecule has 28 heavy (non-hydrogen) atoms. The highest BCUT2D eigenvalue weighted by Crippen LogP contribution is 2.27. The lowest BCUT2D eigenvalue weighted by Gasteiger charge is -2.33.